The standard InChI is InChI=1S/C25H22F3N5O3/c1-36-19(13-34)18(12-20-29-10-3-11-30-20)31-25(35)16-4-2-5-17(27)21(16)24-22(28)23(32-33-24)14-6-8-15(26)9-7-14/h2-11,18-19,34H,12-13H2,1H3,(H,31,35)(H,32,33)/t18-,19+/m1/s1. The number of benzene rings is 2. The Morgan fingerprint density at radius 1 is 1.08 bits per heavy atom. The maximum Gasteiger partial charge on any atom is 0.252 e. The zero-order chi connectivity index (χ0) is 25.7. The largest absolute Gasteiger partial charge is 0.394 e. The summed E-state index contributed by atoms with van der Waals surface area (Å²) in [5, 5.41) is 18.8. The average Bonchev–Trinajstić information content (AvgIpc) is 3.26. The van der Waals surface area contributed by atoms with E-state index in [4.69, 9.17) is 4.74 Å². The van der Waals surface area contributed by atoms with Crippen molar-refractivity contribution in [3.8, 4) is 22.5 Å². The van der Waals surface area contributed by atoms with E-state index in [2.05, 4.69) is 25.5 Å². The SMILES string of the molecule is CO[C@@H](CO)[C@@H](Cc1ncccn1)NC(=O)c1cccc(F)c1-c1[nH]nc(-c2ccc(F)cc2)c1F. The Balaban J connectivity index is 1.69. The lowest BCUT2D eigenvalue weighted by atomic mass is 10.00. The zero-order valence-corrected chi connectivity index (χ0v) is 19.1. The highest BCUT2D eigenvalue weighted by Crippen LogP contribution is 2.32. The minimum absolute atomic E-state index is 0.115. The number of aromatic nitrogens is 4. The molecule has 0 saturated heterocycles. The Morgan fingerprint density at radius 3 is 2.47 bits per heavy atom. The van der Waals surface area contributed by atoms with Gasteiger partial charge in [0, 0.05) is 31.5 Å². The van der Waals surface area contributed by atoms with Gasteiger partial charge >= 0.3 is 0 Å². The summed E-state index contributed by atoms with van der Waals surface area (Å²) in [6, 6.07) is 9.56. The van der Waals surface area contributed by atoms with Gasteiger partial charge in [-0.3, -0.25) is 9.89 Å². The van der Waals surface area contributed by atoms with Crippen molar-refractivity contribution in [1.82, 2.24) is 25.5 Å². The van der Waals surface area contributed by atoms with Crippen molar-refractivity contribution in [1.29, 1.82) is 0 Å². The summed E-state index contributed by atoms with van der Waals surface area (Å²) >= 11 is 0. The molecule has 186 valence electrons. The third-order valence-electron chi connectivity index (χ3n) is 5.60. The summed E-state index contributed by atoms with van der Waals surface area (Å²) in [6.07, 6.45) is 2.37. The number of aromatic amines is 1. The molecule has 0 aliphatic carbocycles. The van der Waals surface area contributed by atoms with Crippen molar-refractivity contribution >= 4 is 5.91 Å². The number of aliphatic hydroxyl groups excluding tert-OH is 1. The van der Waals surface area contributed by atoms with Crippen LogP contribution in [0.3, 0.4) is 0 Å². The second-order valence-corrected chi connectivity index (χ2v) is 7.84. The molecule has 4 rings (SSSR count). The zero-order valence-electron chi connectivity index (χ0n) is 19.1. The normalized spacial score (nSPS) is 12.8. The molecule has 2 heterocycles. The first-order chi connectivity index (χ1) is 17.4. The van der Waals surface area contributed by atoms with Crippen LogP contribution in [0.25, 0.3) is 22.5 Å². The first-order valence-corrected chi connectivity index (χ1v) is 10.9. The molecule has 0 spiro atoms. The molecule has 2 aromatic heterocycles. The highest BCUT2D eigenvalue weighted by molar-refractivity contribution is 6.01. The summed E-state index contributed by atoms with van der Waals surface area (Å²) in [5.74, 6) is -2.61. The highest BCUT2D eigenvalue weighted by atomic mass is 19.1. The summed E-state index contributed by atoms with van der Waals surface area (Å²) in [6.45, 7) is -0.416. The van der Waals surface area contributed by atoms with Gasteiger partial charge in [-0.2, -0.15) is 5.10 Å². The van der Waals surface area contributed by atoms with E-state index in [1.807, 2.05) is 0 Å². The number of aliphatic hydroxyl groups is 1. The molecule has 36 heavy (non-hydrogen) atoms. The number of carbonyl (C=O) groups excluding carboxylic acids is 1. The molecular weight excluding hydrogens is 475 g/mol. The topological polar surface area (TPSA) is 113 Å². The molecule has 0 bridgehead atoms. The predicted molar refractivity (Wildman–Crippen MR) is 124 cm³/mol. The van der Waals surface area contributed by atoms with E-state index in [0.717, 1.165) is 18.2 Å². The number of halogens is 3. The van der Waals surface area contributed by atoms with Gasteiger partial charge < -0.3 is 15.2 Å². The van der Waals surface area contributed by atoms with Gasteiger partial charge in [0.1, 0.15) is 35.0 Å². The lowest BCUT2D eigenvalue weighted by Crippen LogP contribution is -2.47. The molecule has 1 amide bonds. The fraction of sp³-hybridized carbons (Fsp3) is 0.200. The number of ether oxygens (including phenoxy) is 1. The Kier molecular flexibility index (Phi) is 7.71. The van der Waals surface area contributed by atoms with Crippen LogP contribution in [0.2, 0.25) is 0 Å². The van der Waals surface area contributed by atoms with E-state index in [9.17, 15) is 18.7 Å². The van der Waals surface area contributed by atoms with Crippen LogP contribution in [0.1, 0.15) is 16.2 Å². The number of rotatable bonds is 9. The maximum absolute atomic E-state index is 15.4. The van der Waals surface area contributed by atoms with Crippen LogP contribution in [0.4, 0.5) is 13.2 Å². The molecule has 0 unspecified atom stereocenters. The molecule has 11 heteroatoms. The Bertz CT molecular complexity index is 1330. The van der Waals surface area contributed by atoms with Crippen LogP contribution < -0.4 is 5.32 Å². The first kappa shape index (κ1) is 25.0. The maximum atomic E-state index is 15.4. The fourth-order valence-electron chi connectivity index (χ4n) is 3.78. The summed E-state index contributed by atoms with van der Waals surface area (Å²) in [7, 11) is 1.37. The van der Waals surface area contributed by atoms with Gasteiger partial charge in [-0.15, -0.1) is 0 Å². The van der Waals surface area contributed by atoms with Crippen molar-refractivity contribution in [3.63, 3.8) is 0 Å². The second-order valence-electron chi connectivity index (χ2n) is 7.84. The van der Waals surface area contributed by atoms with E-state index in [0.29, 0.717) is 5.82 Å². The van der Waals surface area contributed by atoms with Crippen LogP contribution in [0.5, 0.6) is 0 Å². The van der Waals surface area contributed by atoms with Gasteiger partial charge in [-0.25, -0.2) is 23.1 Å². The number of nitrogens with one attached hydrogen (secondary N) is 2. The van der Waals surface area contributed by atoms with Crippen molar-refractivity contribution in [2.24, 2.45) is 0 Å². The quantitative estimate of drug-likeness (QED) is 0.327. The van der Waals surface area contributed by atoms with Gasteiger partial charge in [-0.1, -0.05) is 6.07 Å². The van der Waals surface area contributed by atoms with Gasteiger partial charge in [0.05, 0.1) is 23.8 Å². The molecule has 0 saturated carbocycles. The number of hydrogen-bond donors (Lipinski definition) is 3. The van der Waals surface area contributed by atoms with E-state index in [-0.39, 0.29) is 34.5 Å². The lowest BCUT2D eigenvalue weighted by Gasteiger charge is -2.25. The van der Waals surface area contributed by atoms with Crippen LogP contribution in [0, 0.1) is 17.5 Å². The number of carbonyl (C=O) groups is 1. The predicted octanol–water partition coefficient (Wildman–Crippen LogP) is 3.30. The Labute approximate surface area is 204 Å². The van der Waals surface area contributed by atoms with Gasteiger partial charge in [0.2, 0.25) is 0 Å². The monoisotopic (exact) mass is 497 g/mol. The smallest absolute Gasteiger partial charge is 0.252 e. The number of hydrogen-bond acceptors (Lipinski definition) is 6. The van der Waals surface area contributed by atoms with E-state index >= 15 is 4.39 Å². The Hall–Kier alpha value is -4.09. The highest BCUT2D eigenvalue weighted by Gasteiger charge is 2.28. The van der Waals surface area contributed by atoms with Gasteiger partial charge in [-0.05, 0) is 42.5 Å². The van der Waals surface area contributed by atoms with Gasteiger partial charge in [0.15, 0.2) is 5.82 Å². The summed E-state index contributed by atoms with van der Waals surface area (Å²) in [4.78, 5) is 21.6. The molecule has 8 nitrogen and oxygen atoms in total. The Morgan fingerprint density at radius 2 is 1.81 bits per heavy atom. The van der Waals surface area contributed by atoms with E-state index in [1.54, 1.807) is 6.07 Å². The van der Waals surface area contributed by atoms with E-state index < -0.39 is 42.1 Å². The second kappa shape index (κ2) is 11.1. The molecule has 0 aliphatic heterocycles. The number of methoxy groups -OCH3 is 1. The van der Waals surface area contributed by atoms with Gasteiger partial charge in [0.25, 0.3) is 5.91 Å². The number of amides is 1. The van der Waals surface area contributed by atoms with Crippen LogP contribution in [-0.4, -0.2) is 57.0 Å². The molecule has 2 atom stereocenters. The third kappa shape index (κ3) is 5.26. The molecule has 0 fully saturated rings. The van der Waals surface area contributed by atoms with Crippen molar-refractivity contribution in [3.05, 3.63) is 89.8 Å². The number of H-pyrrole nitrogens is 1. The average molecular weight is 497 g/mol. The van der Waals surface area contributed by atoms with E-state index in [1.165, 1.54) is 43.8 Å². The summed E-state index contributed by atoms with van der Waals surface area (Å²) < 4.78 is 48.9. The fourth-order valence-corrected chi connectivity index (χ4v) is 3.78. The van der Waals surface area contributed by atoms with Crippen LogP contribution in [-0.2, 0) is 11.2 Å². The molecule has 2 aromatic carbocycles. The van der Waals surface area contributed by atoms with Crippen LogP contribution in [0.15, 0.2) is 60.9 Å². The number of nitrogens with zero attached hydrogens (tertiary/aromatic N) is 3. The lowest BCUT2D eigenvalue weighted by molar-refractivity contribution is 0.0211. The van der Waals surface area contributed by atoms with Crippen molar-refractivity contribution in [2.45, 2.75) is 18.6 Å². The third-order valence-corrected chi connectivity index (χ3v) is 5.60. The minimum atomic E-state index is -0.903. The molecule has 0 aliphatic rings. The van der Waals surface area contributed by atoms with Crippen molar-refractivity contribution in [2.75, 3.05) is 13.7 Å². The van der Waals surface area contributed by atoms with Crippen molar-refractivity contribution < 1.29 is 27.8 Å². The first-order valence-electron chi connectivity index (χ1n) is 10.9. The minimum Gasteiger partial charge on any atom is -0.394 e. The molecule has 3 N–H and O–H groups in total. The summed E-state index contributed by atoms with van der Waals surface area (Å²) in [5.41, 5.74) is -0.729. The molecule has 0 radical (unpaired) electrons. The molecular formula is C25H22F3N5O3. The van der Waals surface area contributed by atoms with Crippen LogP contribution >= 0.6 is 0 Å². The molecule has 4 aromatic rings.